The Bertz CT molecular complexity index is 598. The first kappa shape index (κ1) is 13.1. The molecular weight excluding hydrogens is 250 g/mol. The van der Waals surface area contributed by atoms with Crippen molar-refractivity contribution in [3.63, 3.8) is 0 Å². The van der Waals surface area contributed by atoms with Crippen LogP contribution in [-0.4, -0.2) is 20.2 Å². The molecule has 20 heavy (non-hydrogen) atoms. The summed E-state index contributed by atoms with van der Waals surface area (Å²) in [7, 11) is 0. The number of nitrogen functional groups attached to an aromatic ring is 1. The van der Waals surface area contributed by atoms with Gasteiger partial charge in [-0.25, -0.2) is 4.68 Å². The van der Waals surface area contributed by atoms with Crippen molar-refractivity contribution >= 4 is 5.69 Å². The van der Waals surface area contributed by atoms with Gasteiger partial charge in [-0.1, -0.05) is 25.0 Å². The molecule has 1 atom stereocenters. The zero-order chi connectivity index (χ0) is 14.1. The van der Waals surface area contributed by atoms with Crippen LogP contribution in [0, 0.1) is 12.8 Å². The van der Waals surface area contributed by atoms with Crippen LogP contribution >= 0.6 is 0 Å². The second-order valence-corrected chi connectivity index (χ2v) is 5.75. The molecule has 0 spiro atoms. The number of anilines is 1. The maximum absolute atomic E-state index is 6.00. The largest absolute Gasteiger partial charge is 0.398 e. The van der Waals surface area contributed by atoms with Crippen molar-refractivity contribution in [2.24, 2.45) is 5.92 Å². The van der Waals surface area contributed by atoms with E-state index in [1.165, 1.54) is 25.7 Å². The summed E-state index contributed by atoms with van der Waals surface area (Å²) in [4.78, 5) is 0. The molecule has 1 saturated carbocycles. The maximum atomic E-state index is 6.00. The molecular formula is C15H21N5. The first-order chi connectivity index (χ1) is 9.68. The van der Waals surface area contributed by atoms with Gasteiger partial charge in [0.05, 0.1) is 6.04 Å². The molecule has 5 nitrogen and oxygen atoms in total. The number of nitrogens with two attached hydrogens (primary N) is 1. The molecule has 0 amide bonds. The van der Waals surface area contributed by atoms with Gasteiger partial charge in [0.25, 0.3) is 0 Å². The Hall–Kier alpha value is -1.91. The smallest absolute Gasteiger partial charge is 0.182 e. The van der Waals surface area contributed by atoms with E-state index >= 15 is 0 Å². The summed E-state index contributed by atoms with van der Waals surface area (Å²) in [5.41, 5.74) is 8.85. The van der Waals surface area contributed by atoms with E-state index < -0.39 is 0 Å². The molecule has 1 unspecified atom stereocenters. The normalized spacial score (nSPS) is 17.5. The van der Waals surface area contributed by atoms with Crippen LogP contribution in [0.5, 0.6) is 0 Å². The van der Waals surface area contributed by atoms with Gasteiger partial charge in [0.15, 0.2) is 5.82 Å². The van der Waals surface area contributed by atoms with Crippen molar-refractivity contribution in [3.05, 3.63) is 23.8 Å². The number of aromatic nitrogens is 4. The molecule has 2 aromatic rings. The molecule has 1 aliphatic rings. The molecule has 1 aromatic carbocycles. The molecule has 2 N–H and O–H groups in total. The standard InChI is InChI=1S/C15H21N5/c1-10-13(8-5-9-14(10)16)15-17-18-19-20(15)11(2)12-6-3-4-7-12/h5,8-9,11-12H,3-4,6-7,16H2,1-2H3. The topological polar surface area (TPSA) is 69.6 Å². The lowest BCUT2D eigenvalue weighted by Crippen LogP contribution is -2.17. The van der Waals surface area contributed by atoms with Crippen LogP contribution in [0.15, 0.2) is 18.2 Å². The molecule has 5 heteroatoms. The molecule has 0 bridgehead atoms. The van der Waals surface area contributed by atoms with Crippen LogP contribution in [0.25, 0.3) is 11.4 Å². The number of nitrogens with zero attached hydrogens (tertiary/aromatic N) is 4. The minimum Gasteiger partial charge on any atom is -0.398 e. The lowest BCUT2D eigenvalue weighted by Gasteiger charge is -2.20. The van der Waals surface area contributed by atoms with E-state index in [0.29, 0.717) is 12.0 Å². The van der Waals surface area contributed by atoms with Gasteiger partial charge in [0, 0.05) is 11.3 Å². The average Bonchev–Trinajstić information content (AvgIpc) is 3.11. The Morgan fingerprint density at radius 3 is 2.80 bits per heavy atom. The molecule has 106 valence electrons. The van der Waals surface area contributed by atoms with Crippen molar-refractivity contribution in [1.29, 1.82) is 0 Å². The lowest BCUT2D eigenvalue weighted by molar-refractivity contribution is 0.332. The van der Waals surface area contributed by atoms with Crippen LogP contribution in [0.4, 0.5) is 5.69 Å². The van der Waals surface area contributed by atoms with Crippen molar-refractivity contribution in [3.8, 4) is 11.4 Å². The van der Waals surface area contributed by atoms with E-state index in [-0.39, 0.29) is 0 Å². The molecule has 0 aliphatic heterocycles. The third-order valence-corrected chi connectivity index (χ3v) is 4.58. The van der Waals surface area contributed by atoms with Gasteiger partial charge < -0.3 is 5.73 Å². The number of benzene rings is 1. The van der Waals surface area contributed by atoms with E-state index in [1.807, 2.05) is 29.8 Å². The fourth-order valence-electron chi connectivity index (χ4n) is 3.18. The summed E-state index contributed by atoms with van der Waals surface area (Å²) in [6.07, 6.45) is 5.19. The molecule has 1 aromatic heterocycles. The Morgan fingerprint density at radius 1 is 1.30 bits per heavy atom. The summed E-state index contributed by atoms with van der Waals surface area (Å²) in [6, 6.07) is 6.24. The molecule has 1 fully saturated rings. The summed E-state index contributed by atoms with van der Waals surface area (Å²) in [5, 5.41) is 12.3. The molecule has 0 radical (unpaired) electrons. The highest BCUT2D eigenvalue weighted by Gasteiger charge is 2.26. The van der Waals surface area contributed by atoms with Gasteiger partial charge in [-0.05, 0) is 54.7 Å². The van der Waals surface area contributed by atoms with Crippen LogP contribution in [0.2, 0.25) is 0 Å². The highest BCUT2D eigenvalue weighted by atomic mass is 15.5. The van der Waals surface area contributed by atoms with E-state index in [1.54, 1.807) is 0 Å². The van der Waals surface area contributed by atoms with E-state index in [4.69, 9.17) is 5.73 Å². The average molecular weight is 271 g/mol. The zero-order valence-electron chi connectivity index (χ0n) is 12.1. The highest BCUT2D eigenvalue weighted by molar-refractivity contribution is 5.67. The maximum Gasteiger partial charge on any atom is 0.182 e. The van der Waals surface area contributed by atoms with Crippen molar-refractivity contribution < 1.29 is 0 Å². The molecule has 1 aliphatic carbocycles. The SMILES string of the molecule is Cc1c(N)cccc1-c1nnnn1C(C)C1CCCC1. The highest BCUT2D eigenvalue weighted by Crippen LogP contribution is 2.35. The molecule has 0 saturated heterocycles. The van der Waals surface area contributed by atoms with Gasteiger partial charge in [-0.15, -0.1) is 5.10 Å². The Balaban J connectivity index is 1.99. The quantitative estimate of drug-likeness (QED) is 0.871. The van der Waals surface area contributed by atoms with Crippen molar-refractivity contribution in [2.45, 2.75) is 45.6 Å². The minimum atomic E-state index is 0.336. The Labute approximate surface area is 119 Å². The Morgan fingerprint density at radius 2 is 2.05 bits per heavy atom. The summed E-state index contributed by atoms with van der Waals surface area (Å²) >= 11 is 0. The monoisotopic (exact) mass is 271 g/mol. The summed E-state index contributed by atoms with van der Waals surface area (Å²) < 4.78 is 1.97. The zero-order valence-corrected chi connectivity index (χ0v) is 12.1. The summed E-state index contributed by atoms with van der Waals surface area (Å²) in [6.45, 7) is 4.24. The minimum absolute atomic E-state index is 0.336. The Kier molecular flexibility index (Phi) is 3.42. The van der Waals surface area contributed by atoms with E-state index in [9.17, 15) is 0 Å². The fraction of sp³-hybridized carbons (Fsp3) is 0.533. The van der Waals surface area contributed by atoms with Crippen LogP contribution in [0.1, 0.15) is 44.2 Å². The predicted molar refractivity (Wildman–Crippen MR) is 79.1 cm³/mol. The third-order valence-electron chi connectivity index (χ3n) is 4.58. The summed E-state index contributed by atoms with van der Waals surface area (Å²) in [5.74, 6) is 1.51. The van der Waals surface area contributed by atoms with Gasteiger partial charge >= 0.3 is 0 Å². The van der Waals surface area contributed by atoms with Gasteiger partial charge in [-0.2, -0.15) is 0 Å². The van der Waals surface area contributed by atoms with E-state index in [0.717, 1.165) is 22.6 Å². The van der Waals surface area contributed by atoms with Crippen LogP contribution in [-0.2, 0) is 0 Å². The third kappa shape index (κ3) is 2.17. The van der Waals surface area contributed by atoms with Crippen LogP contribution in [0.3, 0.4) is 0 Å². The number of tetrazole rings is 1. The van der Waals surface area contributed by atoms with E-state index in [2.05, 4.69) is 22.4 Å². The lowest BCUT2D eigenvalue weighted by atomic mass is 9.99. The first-order valence-corrected chi connectivity index (χ1v) is 7.32. The fourth-order valence-corrected chi connectivity index (χ4v) is 3.18. The molecule has 1 heterocycles. The second-order valence-electron chi connectivity index (χ2n) is 5.75. The second kappa shape index (κ2) is 5.23. The van der Waals surface area contributed by atoms with Crippen LogP contribution < -0.4 is 5.73 Å². The van der Waals surface area contributed by atoms with Crippen molar-refractivity contribution in [2.75, 3.05) is 5.73 Å². The van der Waals surface area contributed by atoms with Crippen molar-refractivity contribution in [1.82, 2.24) is 20.2 Å². The number of hydrogen-bond donors (Lipinski definition) is 1. The van der Waals surface area contributed by atoms with Gasteiger partial charge in [-0.3, -0.25) is 0 Å². The first-order valence-electron chi connectivity index (χ1n) is 7.32. The predicted octanol–water partition coefficient (Wildman–Crippen LogP) is 2.98. The number of hydrogen-bond acceptors (Lipinski definition) is 4. The van der Waals surface area contributed by atoms with Gasteiger partial charge in [0.2, 0.25) is 0 Å². The number of rotatable bonds is 3. The van der Waals surface area contributed by atoms with Gasteiger partial charge in [0.1, 0.15) is 0 Å². The molecule has 3 rings (SSSR count).